The van der Waals surface area contributed by atoms with E-state index in [-0.39, 0.29) is 0 Å². The van der Waals surface area contributed by atoms with E-state index < -0.39 is 0 Å². The van der Waals surface area contributed by atoms with Gasteiger partial charge in [-0.2, -0.15) is 0 Å². The van der Waals surface area contributed by atoms with E-state index >= 15 is 0 Å². The van der Waals surface area contributed by atoms with Gasteiger partial charge in [-0.3, -0.25) is 0 Å². The summed E-state index contributed by atoms with van der Waals surface area (Å²) in [6, 6.07) is 72.1. The molecule has 0 bridgehead atoms. The fraction of sp³-hybridized carbons (Fsp3) is 0. The molecule has 0 aliphatic rings. The van der Waals surface area contributed by atoms with Gasteiger partial charge in [-0.25, -0.2) is 9.97 Å². The van der Waals surface area contributed by atoms with E-state index in [0.717, 1.165) is 94.5 Å². The van der Waals surface area contributed by atoms with Crippen molar-refractivity contribution in [2.75, 3.05) is 0 Å². The highest BCUT2D eigenvalue weighted by Gasteiger charge is 2.18. The molecule has 3 nitrogen and oxygen atoms in total. The van der Waals surface area contributed by atoms with E-state index in [1.165, 1.54) is 0 Å². The number of rotatable bonds is 7. The van der Waals surface area contributed by atoms with E-state index in [1.807, 2.05) is 18.2 Å². The van der Waals surface area contributed by atoms with Crippen LogP contribution < -0.4 is 0 Å². The maximum Gasteiger partial charge on any atom is 0.160 e. The standard InChI is InChI=1S/C52H34N2O/c1-4-16-35(17-5-1)38-22-14-23-39(30-38)52-53-48(34-49(54-52)45-25-11-10-24-43(45)37-20-8-3-9-21-37)42-32-40(36-18-6-2-7-19-36)31-41(33-42)44-27-15-28-47-46-26-12-13-29-50(46)55-51(44)47/h1-34H. The van der Waals surface area contributed by atoms with Crippen LogP contribution in [0, 0.1) is 0 Å². The van der Waals surface area contributed by atoms with E-state index in [1.54, 1.807) is 0 Å². The molecule has 0 unspecified atom stereocenters. The van der Waals surface area contributed by atoms with Gasteiger partial charge in [0.25, 0.3) is 0 Å². The molecular weight excluding hydrogens is 669 g/mol. The number of fused-ring (bicyclic) bond motifs is 3. The fourth-order valence-electron chi connectivity index (χ4n) is 7.61. The van der Waals surface area contributed by atoms with Crippen molar-refractivity contribution in [3.8, 4) is 78.4 Å². The van der Waals surface area contributed by atoms with Crippen LogP contribution in [-0.2, 0) is 0 Å². The van der Waals surface area contributed by atoms with Gasteiger partial charge in [-0.1, -0.05) is 170 Å². The molecule has 2 aromatic heterocycles. The Balaban J connectivity index is 1.22. The highest BCUT2D eigenvalue weighted by molar-refractivity contribution is 6.09. The van der Waals surface area contributed by atoms with Crippen LogP contribution in [0.1, 0.15) is 0 Å². The largest absolute Gasteiger partial charge is 0.455 e. The Kier molecular flexibility index (Phi) is 8.16. The summed E-state index contributed by atoms with van der Waals surface area (Å²) in [5.74, 6) is 0.666. The minimum atomic E-state index is 0.666. The van der Waals surface area contributed by atoms with Gasteiger partial charge >= 0.3 is 0 Å². The monoisotopic (exact) mass is 702 g/mol. The zero-order chi connectivity index (χ0) is 36.6. The average molecular weight is 703 g/mol. The highest BCUT2D eigenvalue weighted by atomic mass is 16.3. The molecule has 3 heteroatoms. The van der Waals surface area contributed by atoms with Crippen molar-refractivity contribution in [2.45, 2.75) is 0 Å². The number of benzene rings is 8. The topological polar surface area (TPSA) is 38.9 Å². The van der Waals surface area contributed by atoms with Crippen LogP contribution in [0.25, 0.3) is 100 Å². The second-order valence-corrected chi connectivity index (χ2v) is 13.8. The zero-order valence-corrected chi connectivity index (χ0v) is 29.9. The Labute approximate surface area is 319 Å². The van der Waals surface area contributed by atoms with Gasteiger partial charge in [-0.05, 0) is 75.3 Å². The van der Waals surface area contributed by atoms with E-state index in [9.17, 15) is 0 Å². The molecule has 8 aromatic carbocycles. The van der Waals surface area contributed by atoms with Crippen molar-refractivity contribution < 1.29 is 4.42 Å². The summed E-state index contributed by atoms with van der Waals surface area (Å²) in [4.78, 5) is 10.7. The third-order valence-corrected chi connectivity index (χ3v) is 10.3. The van der Waals surface area contributed by atoms with Crippen molar-refractivity contribution in [2.24, 2.45) is 0 Å². The quantitative estimate of drug-likeness (QED) is 0.166. The first-order valence-corrected chi connectivity index (χ1v) is 18.6. The Morgan fingerprint density at radius 1 is 0.291 bits per heavy atom. The molecule has 10 aromatic rings. The molecule has 0 atom stereocenters. The molecule has 0 radical (unpaired) electrons. The van der Waals surface area contributed by atoms with Crippen molar-refractivity contribution in [1.82, 2.24) is 9.97 Å². The smallest absolute Gasteiger partial charge is 0.160 e. The Hall–Kier alpha value is -7.36. The number of nitrogens with zero attached hydrogens (tertiary/aromatic N) is 2. The summed E-state index contributed by atoms with van der Waals surface area (Å²) >= 11 is 0. The van der Waals surface area contributed by atoms with Crippen LogP contribution in [0.3, 0.4) is 0 Å². The molecule has 55 heavy (non-hydrogen) atoms. The Bertz CT molecular complexity index is 2970. The van der Waals surface area contributed by atoms with Crippen LogP contribution >= 0.6 is 0 Å². The summed E-state index contributed by atoms with van der Waals surface area (Å²) < 4.78 is 6.56. The predicted octanol–water partition coefficient (Wildman–Crippen LogP) is 14.0. The van der Waals surface area contributed by atoms with Crippen LogP contribution in [-0.4, -0.2) is 9.97 Å². The Morgan fingerprint density at radius 3 is 1.58 bits per heavy atom. The van der Waals surface area contributed by atoms with E-state index in [4.69, 9.17) is 14.4 Å². The molecule has 0 saturated heterocycles. The molecule has 0 aliphatic heterocycles. The van der Waals surface area contributed by atoms with Crippen molar-refractivity contribution >= 4 is 21.9 Å². The molecule has 10 rings (SSSR count). The summed E-state index contributed by atoms with van der Waals surface area (Å²) in [7, 11) is 0. The number of para-hydroxylation sites is 2. The number of aromatic nitrogens is 2. The van der Waals surface area contributed by atoms with Crippen molar-refractivity contribution in [3.05, 3.63) is 206 Å². The summed E-state index contributed by atoms with van der Waals surface area (Å²) in [6.45, 7) is 0. The molecule has 2 heterocycles. The first-order chi connectivity index (χ1) is 27.2. The lowest BCUT2D eigenvalue weighted by atomic mass is 9.93. The predicted molar refractivity (Wildman–Crippen MR) is 227 cm³/mol. The van der Waals surface area contributed by atoms with E-state index in [2.05, 4.69) is 188 Å². The lowest BCUT2D eigenvalue weighted by molar-refractivity contribution is 0.670. The molecule has 0 spiro atoms. The van der Waals surface area contributed by atoms with E-state index in [0.29, 0.717) is 5.82 Å². The van der Waals surface area contributed by atoms with Gasteiger partial charge in [0.05, 0.1) is 11.4 Å². The summed E-state index contributed by atoms with van der Waals surface area (Å²) in [6.07, 6.45) is 0. The van der Waals surface area contributed by atoms with Crippen LogP contribution in [0.2, 0.25) is 0 Å². The lowest BCUT2D eigenvalue weighted by Crippen LogP contribution is -1.98. The number of hydrogen-bond acceptors (Lipinski definition) is 3. The van der Waals surface area contributed by atoms with Crippen LogP contribution in [0.15, 0.2) is 211 Å². The van der Waals surface area contributed by atoms with Gasteiger partial charge in [0.2, 0.25) is 0 Å². The average Bonchev–Trinajstić information content (AvgIpc) is 3.66. The highest BCUT2D eigenvalue weighted by Crippen LogP contribution is 2.40. The minimum Gasteiger partial charge on any atom is -0.455 e. The van der Waals surface area contributed by atoms with Gasteiger partial charge in [-0.15, -0.1) is 0 Å². The SMILES string of the molecule is c1ccc(-c2cccc(-c3nc(-c4cc(-c5ccccc5)cc(-c5cccc6c5oc5ccccc56)c4)cc(-c4ccccc4-c4ccccc4)n3)c2)cc1. The number of furan rings is 1. The third-order valence-electron chi connectivity index (χ3n) is 10.3. The summed E-state index contributed by atoms with van der Waals surface area (Å²) in [5, 5.41) is 2.21. The van der Waals surface area contributed by atoms with Gasteiger partial charge in [0.15, 0.2) is 5.82 Å². The fourth-order valence-corrected chi connectivity index (χ4v) is 7.61. The first-order valence-electron chi connectivity index (χ1n) is 18.6. The molecule has 0 amide bonds. The van der Waals surface area contributed by atoms with Crippen molar-refractivity contribution in [3.63, 3.8) is 0 Å². The maximum atomic E-state index is 6.56. The van der Waals surface area contributed by atoms with Crippen LogP contribution in [0.5, 0.6) is 0 Å². The van der Waals surface area contributed by atoms with Crippen molar-refractivity contribution in [1.29, 1.82) is 0 Å². The normalized spacial score (nSPS) is 11.3. The van der Waals surface area contributed by atoms with Crippen LogP contribution in [0.4, 0.5) is 0 Å². The maximum absolute atomic E-state index is 6.56. The second kappa shape index (κ2) is 13.9. The second-order valence-electron chi connectivity index (χ2n) is 13.8. The third kappa shape index (κ3) is 6.18. The molecule has 0 fully saturated rings. The zero-order valence-electron chi connectivity index (χ0n) is 29.9. The van der Waals surface area contributed by atoms with Gasteiger partial charge in [0.1, 0.15) is 11.2 Å². The lowest BCUT2D eigenvalue weighted by Gasteiger charge is -2.15. The van der Waals surface area contributed by atoms with Gasteiger partial charge < -0.3 is 4.42 Å². The van der Waals surface area contributed by atoms with Gasteiger partial charge in [0, 0.05) is 33.0 Å². The molecule has 258 valence electrons. The minimum absolute atomic E-state index is 0.666. The Morgan fingerprint density at radius 2 is 0.800 bits per heavy atom. The number of hydrogen-bond donors (Lipinski definition) is 0. The molecule has 0 saturated carbocycles. The summed E-state index contributed by atoms with van der Waals surface area (Å²) in [5.41, 5.74) is 15.3. The molecule has 0 N–H and O–H groups in total. The molecule has 0 aliphatic carbocycles. The molecular formula is C52H34N2O. The first kappa shape index (κ1) is 32.3.